The van der Waals surface area contributed by atoms with Gasteiger partial charge in [-0.05, 0) is 37.5 Å². The number of aromatic nitrogens is 2. The monoisotopic (exact) mass is 398 g/mol. The van der Waals surface area contributed by atoms with Crippen molar-refractivity contribution in [1.29, 1.82) is 0 Å². The Hall–Kier alpha value is -2.34. The molecule has 29 heavy (non-hydrogen) atoms. The van der Waals surface area contributed by atoms with Crippen molar-refractivity contribution in [2.45, 2.75) is 47.2 Å². The molecule has 1 aromatic heterocycles. The first-order valence-corrected chi connectivity index (χ1v) is 10.5. The predicted molar refractivity (Wildman–Crippen MR) is 116 cm³/mol. The number of morpholine rings is 1. The van der Waals surface area contributed by atoms with Crippen molar-refractivity contribution >= 4 is 11.6 Å². The number of carbonyl (C=O) groups excluding carboxylic acids is 1. The molecule has 3 rings (SSSR count). The summed E-state index contributed by atoms with van der Waals surface area (Å²) >= 11 is 0. The van der Waals surface area contributed by atoms with E-state index < -0.39 is 0 Å². The average Bonchev–Trinajstić information content (AvgIpc) is 2.96. The Balaban J connectivity index is 1.60. The van der Waals surface area contributed by atoms with E-state index in [1.54, 1.807) is 0 Å². The highest BCUT2D eigenvalue weighted by atomic mass is 16.5. The Morgan fingerprint density at radius 2 is 1.83 bits per heavy atom. The fourth-order valence-electron chi connectivity index (χ4n) is 3.80. The Morgan fingerprint density at radius 1 is 1.17 bits per heavy atom. The molecular formula is C23H34N4O2. The molecule has 2 heterocycles. The van der Waals surface area contributed by atoms with Crippen LogP contribution in [0.3, 0.4) is 0 Å². The Labute approximate surface area is 174 Å². The highest BCUT2D eigenvalue weighted by Gasteiger charge is 2.18. The van der Waals surface area contributed by atoms with Gasteiger partial charge < -0.3 is 14.5 Å². The summed E-state index contributed by atoms with van der Waals surface area (Å²) in [4.78, 5) is 17.0. The van der Waals surface area contributed by atoms with Crippen LogP contribution in [0.2, 0.25) is 0 Å². The van der Waals surface area contributed by atoms with Crippen LogP contribution < -0.4 is 4.90 Å². The molecule has 0 saturated carbocycles. The molecule has 1 aliphatic rings. The van der Waals surface area contributed by atoms with Gasteiger partial charge in [0.05, 0.1) is 25.3 Å². The number of rotatable bonds is 7. The van der Waals surface area contributed by atoms with E-state index in [9.17, 15) is 4.79 Å². The van der Waals surface area contributed by atoms with Gasteiger partial charge in [0, 0.05) is 50.2 Å². The number of ether oxygens (including phenoxy) is 1. The summed E-state index contributed by atoms with van der Waals surface area (Å²) in [5.41, 5.74) is 5.48. The van der Waals surface area contributed by atoms with E-state index in [-0.39, 0.29) is 5.91 Å². The van der Waals surface area contributed by atoms with Crippen LogP contribution in [0.5, 0.6) is 0 Å². The van der Waals surface area contributed by atoms with Crippen molar-refractivity contribution in [3.8, 4) is 0 Å². The second-order valence-corrected chi connectivity index (χ2v) is 8.42. The van der Waals surface area contributed by atoms with Crippen molar-refractivity contribution in [2.24, 2.45) is 5.92 Å². The van der Waals surface area contributed by atoms with E-state index in [4.69, 9.17) is 4.74 Å². The molecule has 158 valence electrons. The molecule has 0 radical (unpaired) electrons. The van der Waals surface area contributed by atoms with Gasteiger partial charge in [-0.15, -0.1) is 0 Å². The van der Waals surface area contributed by atoms with Crippen LogP contribution in [0.4, 0.5) is 5.69 Å². The summed E-state index contributed by atoms with van der Waals surface area (Å²) < 4.78 is 7.45. The lowest BCUT2D eigenvalue weighted by Gasteiger charge is -2.29. The maximum Gasteiger partial charge on any atom is 0.227 e. The third kappa shape index (κ3) is 5.38. The molecule has 0 unspecified atom stereocenters. The van der Waals surface area contributed by atoms with Gasteiger partial charge in [0.15, 0.2) is 0 Å². The Morgan fingerprint density at radius 3 is 2.45 bits per heavy atom. The Bertz CT molecular complexity index is 820. The summed E-state index contributed by atoms with van der Waals surface area (Å²) in [6.07, 6.45) is 0.401. The second kappa shape index (κ2) is 9.44. The lowest BCUT2D eigenvalue weighted by atomic mass is 10.1. The van der Waals surface area contributed by atoms with Gasteiger partial charge in [-0.2, -0.15) is 5.10 Å². The molecule has 0 aliphatic carbocycles. The van der Waals surface area contributed by atoms with E-state index in [0.29, 0.717) is 18.9 Å². The van der Waals surface area contributed by atoms with Crippen LogP contribution in [0.25, 0.3) is 0 Å². The van der Waals surface area contributed by atoms with Crippen molar-refractivity contribution < 1.29 is 9.53 Å². The minimum absolute atomic E-state index is 0.123. The minimum atomic E-state index is 0.123. The van der Waals surface area contributed by atoms with Crippen molar-refractivity contribution in [3.05, 3.63) is 46.8 Å². The summed E-state index contributed by atoms with van der Waals surface area (Å²) in [6.45, 7) is 13.3. The van der Waals surface area contributed by atoms with Crippen molar-refractivity contribution in [2.75, 3.05) is 38.3 Å². The van der Waals surface area contributed by atoms with Gasteiger partial charge in [-0.3, -0.25) is 9.48 Å². The standard InChI is InChI=1S/C23H34N4O2/c1-17(2)15-27-19(4)22(18(3)24-27)14-23(28)25(5)16-20-6-8-21(9-7-20)26-10-12-29-13-11-26/h6-9,17H,10-16H2,1-5H3. The van der Waals surface area contributed by atoms with E-state index in [0.717, 1.165) is 55.4 Å². The lowest BCUT2D eigenvalue weighted by Crippen LogP contribution is -2.36. The van der Waals surface area contributed by atoms with Crippen LogP contribution >= 0.6 is 0 Å². The summed E-state index contributed by atoms with van der Waals surface area (Å²) in [5.74, 6) is 0.650. The zero-order valence-corrected chi connectivity index (χ0v) is 18.4. The molecule has 2 aromatic rings. The lowest BCUT2D eigenvalue weighted by molar-refractivity contribution is -0.129. The first-order chi connectivity index (χ1) is 13.8. The third-order valence-electron chi connectivity index (χ3n) is 5.56. The average molecular weight is 399 g/mol. The van der Waals surface area contributed by atoms with Gasteiger partial charge >= 0.3 is 0 Å². The number of likely N-dealkylation sites (N-methyl/N-ethyl adjacent to an activating group) is 1. The topological polar surface area (TPSA) is 50.6 Å². The van der Waals surface area contributed by atoms with Crippen LogP contribution in [-0.2, 0) is 29.0 Å². The quantitative estimate of drug-likeness (QED) is 0.719. The first-order valence-electron chi connectivity index (χ1n) is 10.5. The number of benzene rings is 1. The summed E-state index contributed by atoms with van der Waals surface area (Å²) in [7, 11) is 1.88. The molecule has 1 amide bonds. The SMILES string of the molecule is Cc1nn(CC(C)C)c(C)c1CC(=O)N(C)Cc1ccc(N2CCOCC2)cc1. The smallest absolute Gasteiger partial charge is 0.227 e. The van der Waals surface area contributed by atoms with E-state index in [1.807, 2.05) is 23.6 Å². The molecule has 0 spiro atoms. The van der Waals surface area contributed by atoms with Gasteiger partial charge in [0.1, 0.15) is 0 Å². The van der Waals surface area contributed by atoms with Gasteiger partial charge in [0.25, 0.3) is 0 Å². The molecule has 1 fully saturated rings. The van der Waals surface area contributed by atoms with Crippen LogP contribution in [-0.4, -0.2) is 53.9 Å². The number of amides is 1. The van der Waals surface area contributed by atoms with Gasteiger partial charge in [0.2, 0.25) is 5.91 Å². The molecule has 0 N–H and O–H groups in total. The normalized spacial score (nSPS) is 14.5. The first kappa shape index (κ1) is 21.4. The van der Waals surface area contributed by atoms with Gasteiger partial charge in [-0.25, -0.2) is 0 Å². The van der Waals surface area contributed by atoms with Gasteiger partial charge in [-0.1, -0.05) is 26.0 Å². The molecule has 0 bridgehead atoms. The molecule has 1 aliphatic heterocycles. The number of hydrogen-bond donors (Lipinski definition) is 0. The van der Waals surface area contributed by atoms with Crippen LogP contribution in [0.15, 0.2) is 24.3 Å². The van der Waals surface area contributed by atoms with Crippen LogP contribution in [0, 0.1) is 19.8 Å². The third-order valence-corrected chi connectivity index (χ3v) is 5.56. The van der Waals surface area contributed by atoms with E-state index in [1.165, 1.54) is 5.69 Å². The molecule has 0 atom stereocenters. The van der Waals surface area contributed by atoms with Crippen molar-refractivity contribution in [3.63, 3.8) is 0 Å². The zero-order chi connectivity index (χ0) is 21.0. The maximum absolute atomic E-state index is 12.8. The summed E-state index contributed by atoms with van der Waals surface area (Å²) in [5, 5.41) is 4.63. The number of carbonyl (C=O) groups is 1. The molecule has 6 heteroatoms. The van der Waals surface area contributed by atoms with E-state index >= 15 is 0 Å². The molecule has 6 nitrogen and oxygen atoms in total. The fraction of sp³-hybridized carbons (Fsp3) is 0.565. The highest BCUT2D eigenvalue weighted by Crippen LogP contribution is 2.19. The number of nitrogens with zero attached hydrogens (tertiary/aromatic N) is 4. The predicted octanol–water partition coefficient (Wildman–Crippen LogP) is 3.19. The summed E-state index contributed by atoms with van der Waals surface area (Å²) in [6, 6.07) is 8.52. The fourth-order valence-corrected chi connectivity index (χ4v) is 3.80. The highest BCUT2D eigenvalue weighted by molar-refractivity contribution is 5.79. The second-order valence-electron chi connectivity index (χ2n) is 8.42. The maximum atomic E-state index is 12.8. The Kier molecular flexibility index (Phi) is 6.96. The number of anilines is 1. The molecule has 1 saturated heterocycles. The molecular weight excluding hydrogens is 364 g/mol. The zero-order valence-electron chi connectivity index (χ0n) is 18.4. The van der Waals surface area contributed by atoms with E-state index in [2.05, 4.69) is 55.0 Å². The number of hydrogen-bond acceptors (Lipinski definition) is 4. The van der Waals surface area contributed by atoms with Crippen LogP contribution in [0.1, 0.15) is 36.4 Å². The van der Waals surface area contributed by atoms with Crippen molar-refractivity contribution in [1.82, 2.24) is 14.7 Å². The largest absolute Gasteiger partial charge is 0.378 e. The minimum Gasteiger partial charge on any atom is -0.378 e. The molecule has 1 aromatic carbocycles. The number of aryl methyl sites for hydroxylation is 1.